The van der Waals surface area contributed by atoms with Gasteiger partial charge in [-0.1, -0.05) is 24.3 Å². The van der Waals surface area contributed by atoms with Gasteiger partial charge in [-0.3, -0.25) is 4.99 Å². The molecule has 0 radical (unpaired) electrons. The van der Waals surface area contributed by atoms with Crippen LogP contribution in [-0.4, -0.2) is 40.9 Å². The van der Waals surface area contributed by atoms with E-state index in [-0.39, 0.29) is 0 Å². The highest BCUT2D eigenvalue weighted by molar-refractivity contribution is 5.79. The van der Waals surface area contributed by atoms with Gasteiger partial charge in [0, 0.05) is 26.1 Å². The van der Waals surface area contributed by atoms with Crippen LogP contribution in [0.2, 0.25) is 0 Å². The lowest BCUT2D eigenvalue weighted by atomic mass is 9.78. The zero-order chi connectivity index (χ0) is 19.2. The van der Waals surface area contributed by atoms with E-state index in [9.17, 15) is 0 Å². The van der Waals surface area contributed by atoms with E-state index < -0.39 is 0 Å². The average Bonchev–Trinajstić information content (AvgIpc) is 2.69. The molecule has 0 saturated carbocycles. The molecular weight excluding hydrogens is 342 g/mol. The topological polar surface area (TPSA) is 64.1 Å². The maximum Gasteiger partial charge on any atom is 0.203 e. The highest BCUT2D eigenvalue weighted by Gasteiger charge is 2.25. The standard InChI is InChI=1S/C21H27N3O3/c1-22-21(24-13-16-11-15-7-5-6-8-17(15)16)23-12-14-9-18(25-2)20(27-4)19(10-14)26-3/h5-10,16H,11-13H2,1-4H3,(H2,22,23,24). The summed E-state index contributed by atoms with van der Waals surface area (Å²) in [5.41, 5.74) is 3.90. The fourth-order valence-corrected chi connectivity index (χ4v) is 3.41. The molecule has 6 nitrogen and oxygen atoms in total. The Morgan fingerprint density at radius 1 is 1.04 bits per heavy atom. The lowest BCUT2D eigenvalue weighted by molar-refractivity contribution is 0.323. The van der Waals surface area contributed by atoms with Crippen LogP contribution in [0.25, 0.3) is 0 Å². The Hall–Kier alpha value is -2.89. The van der Waals surface area contributed by atoms with Crippen molar-refractivity contribution in [2.45, 2.75) is 18.9 Å². The number of benzene rings is 2. The molecule has 3 rings (SSSR count). The predicted molar refractivity (Wildman–Crippen MR) is 107 cm³/mol. The average molecular weight is 369 g/mol. The number of nitrogens with zero attached hydrogens (tertiary/aromatic N) is 1. The van der Waals surface area contributed by atoms with Crippen molar-refractivity contribution in [1.82, 2.24) is 10.6 Å². The molecule has 0 fully saturated rings. The van der Waals surface area contributed by atoms with E-state index >= 15 is 0 Å². The Labute approximate surface area is 160 Å². The van der Waals surface area contributed by atoms with Crippen LogP contribution >= 0.6 is 0 Å². The first-order valence-electron chi connectivity index (χ1n) is 9.01. The molecule has 0 aromatic heterocycles. The molecule has 0 aliphatic heterocycles. The number of nitrogens with one attached hydrogen (secondary N) is 2. The lowest BCUT2D eigenvalue weighted by Crippen LogP contribution is -2.40. The lowest BCUT2D eigenvalue weighted by Gasteiger charge is -2.30. The molecule has 1 aliphatic carbocycles. The van der Waals surface area contributed by atoms with Crippen LogP contribution in [0.1, 0.15) is 22.6 Å². The van der Waals surface area contributed by atoms with E-state index in [2.05, 4.69) is 39.9 Å². The second-order valence-electron chi connectivity index (χ2n) is 6.44. The molecule has 2 N–H and O–H groups in total. The molecular formula is C21H27N3O3. The summed E-state index contributed by atoms with van der Waals surface area (Å²) in [6.45, 7) is 1.46. The highest BCUT2D eigenvalue weighted by Crippen LogP contribution is 2.38. The number of hydrogen-bond donors (Lipinski definition) is 2. The quantitative estimate of drug-likeness (QED) is 0.580. The number of ether oxygens (including phenoxy) is 3. The van der Waals surface area contributed by atoms with Crippen molar-refractivity contribution in [2.24, 2.45) is 4.99 Å². The van der Waals surface area contributed by atoms with Crippen molar-refractivity contribution in [3.05, 3.63) is 53.1 Å². The SMILES string of the molecule is CN=C(NCc1cc(OC)c(OC)c(OC)c1)NCC1Cc2ccccc21. The van der Waals surface area contributed by atoms with Crippen molar-refractivity contribution in [3.63, 3.8) is 0 Å². The maximum atomic E-state index is 5.41. The minimum absolute atomic E-state index is 0.543. The fourth-order valence-electron chi connectivity index (χ4n) is 3.41. The summed E-state index contributed by atoms with van der Waals surface area (Å²) >= 11 is 0. The maximum absolute atomic E-state index is 5.41. The minimum Gasteiger partial charge on any atom is -0.493 e. The summed E-state index contributed by atoms with van der Waals surface area (Å²) in [7, 11) is 6.61. The number of rotatable bonds is 7. The largest absolute Gasteiger partial charge is 0.493 e. The monoisotopic (exact) mass is 369 g/mol. The highest BCUT2D eigenvalue weighted by atomic mass is 16.5. The fraction of sp³-hybridized carbons (Fsp3) is 0.381. The zero-order valence-corrected chi connectivity index (χ0v) is 16.3. The minimum atomic E-state index is 0.543. The third kappa shape index (κ3) is 4.10. The third-order valence-corrected chi connectivity index (χ3v) is 4.89. The molecule has 0 amide bonds. The van der Waals surface area contributed by atoms with Crippen LogP contribution in [0.3, 0.4) is 0 Å². The van der Waals surface area contributed by atoms with E-state index in [1.807, 2.05) is 12.1 Å². The van der Waals surface area contributed by atoms with Gasteiger partial charge in [0.1, 0.15) is 0 Å². The summed E-state index contributed by atoms with van der Waals surface area (Å²) in [4.78, 5) is 4.32. The molecule has 0 heterocycles. The van der Waals surface area contributed by atoms with E-state index in [1.54, 1.807) is 28.4 Å². The predicted octanol–water partition coefficient (Wildman–Crippen LogP) is 2.72. The zero-order valence-electron chi connectivity index (χ0n) is 16.3. The van der Waals surface area contributed by atoms with Crippen LogP contribution < -0.4 is 24.8 Å². The second-order valence-corrected chi connectivity index (χ2v) is 6.44. The van der Waals surface area contributed by atoms with Gasteiger partial charge in [0.05, 0.1) is 21.3 Å². The first kappa shape index (κ1) is 18.9. The molecule has 0 saturated heterocycles. The normalized spacial score (nSPS) is 15.4. The molecule has 2 aromatic carbocycles. The van der Waals surface area contributed by atoms with Gasteiger partial charge in [-0.2, -0.15) is 0 Å². The van der Waals surface area contributed by atoms with Crippen molar-refractivity contribution in [3.8, 4) is 17.2 Å². The molecule has 2 aromatic rings. The molecule has 1 unspecified atom stereocenters. The summed E-state index contributed by atoms with van der Waals surface area (Å²) in [5, 5.41) is 6.75. The van der Waals surface area contributed by atoms with E-state index in [0.717, 1.165) is 24.5 Å². The third-order valence-electron chi connectivity index (χ3n) is 4.89. The van der Waals surface area contributed by atoms with Crippen molar-refractivity contribution in [2.75, 3.05) is 34.9 Å². The van der Waals surface area contributed by atoms with Crippen LogP contribution in [0, 0.1) is 0 Å². The second kappa shape index (κ2) is 8.66. The van der Waals surface area contributed by atoms with Gasteiger partial charge in [0.2, 0.25) is 5.75 Å². The summed E-state index contributed by atoms with van der Waals surface area (Å²) in [6.07, 6.45) is 1.12. The Kier molecular flexibility index (Phi) is 6.06. The van der Waals surface area contributed by atoms with E-state index in [4.69, 9.17) is 14.2 Å². The van der Waals surface area contributed by atoms with Gasteiger partial charge < -0.3 is 24.8 Å². The van der Waals surface area contributed by atoms with Crippen LogP contribution in [0.15, 0.2) is 41.4 Å². The molecule has 0 spiro atoms. The van der Waals surface area contributed by atoms with Gasteiger partial charge in [-0.05, 0) is 35.2 Å². The number of guanidine groups is 1. The first-order chi connectivity index (χ1) is 13.2. The molecule has 27 heavy (non-hydrogen) atoms. The Morgan fingerprint density at radius 2 is 1.74 bits per heavy atom. The summed E-state index contributed by atoms with van der Waals surface area (Å²) in [6, 6.07) is 12.5. The Morgan fingerprint density at radius 3 is 2.33 bits per heavy atom. The number of aliphatic imine (C=N–C) groups is 1. The smallest absolute Gasteiger partial charge is 0.203 e. The van der Waals surface area contributed by atoms with Gasteiger partial charge >= 0.3 is 0 Å². The Balaban J connectivity index is 1.58. The van der Waals surface area contributed by atoms with Crippen molar-refractivity contribution >= 4 is 5.96 Å². The van der Waals surface area contributed by atoms with E-state index in [1.165, 1.54) is 11.1 Å². The number of fused-ring (bicyclic) bond motifs is 1. The Bertz CT molecular complexity index is 795. The van der Waals surface area contributed by atoms with E-state index in [0.29, 0.717) is 29.7 Å². The van der Waals surface area contributed by atoms with Gasteiger partial charge in [0.25, 0.3) is 0 Å². The summed E-state index contributed by atoms with van der Waals surface area (Å²) < 4.78 is 16.2. The molecule has 6 heteroatoms. The van der Waals surface area contributed by atoms with Crippen molar-refractivity contribution < 1.29 is 14.2 Å². The molecule has 1 aliphatic rings. The van der Waals surface area contributed by atoms with Crippen LogP contribution in [0.5, 0.6) is 17.2 Å². The van der Waals surface area contributed by atoms with Crippen LogP contribution in [-0.2, 0) is 13.0 Å². The molecule has 0 bridgehead atoms. The number of methoxy groups -OCH3 is 3. The first-order valence-corrected chi connectivity index (χ1v) is 9.01. The summed E-state index contributed by atoms with van der Waals surface area (Å²) in [5.74, 6) is 3.19. The molecule has 144 valence electrons. The van der Waals surface area contributed by atoms with Crippen molar-refractivity contribution in [1.29, 1.82) is 0 Å². The van der Waals surface area contributed by atoms with Gasteiger partial charge in [-0.15, -0.1) is 0 Å². The van der Waals surface area contributed by atoms with Gasteiger partial charge in [0.15, 0.2) is 17.5 Å². The molecule has 1 atom stereocenters. The van der Waals surface area contributed by atoms with Gasteiger partial charge in [-0.25, -0.2) is 0 Å². The van der Waals surface area contributed by atoms with Crippen LogP contribution in [0.4, 0.5) is 0 Å². The number of hydrogen-bond acceptors (Lipinski definition) is 4.